The molecule has 0 aliphatic rings. The van der Waals surface area contributed by atoms with E-state index in [0.29, 0.717) is 18.1 Å². The normalized spacial score (nSPS) is 10.1. The Balaban J connectivity index is 2.60. The molecule has 0 aromatic carbocycles. The van der Waals surface area contributed by atoms with Crippen LogP contribution >= 0.6 is 11.6 Å². The second-order valence-electron chi connectivity index (χ2n) is 3.06. The first-order chi connectivity index (χ1) is 7.11. The van der Waals surface area contributed by atoms with E-state index in [2.05, 4.69) is 20.6 Å². The predicted octanol–water partition coefficient (Wildman–Crippen LogP) is 0.986. The lowest BCUT2D eigenvalue weighted by atomic mass is 10.4. The summed E-state index contributed by atoms with van der Waals surface area (Å²) in [7, 11) is 1.79. The van der Waals surface area contributed by atoms with E-state index in [1.807, 2.05) is 0 Å². The first-order valence-corrected chi connectivity index (χ1v) is 4.95. The van der Waals surface area contributed by atoms with Crippen molar-refractivity contribution in [2.24, 2.45) is 0 Å². The van der Waals surface area contributed by atoms with Gasteiger partial charge < -0.3 is 5.32 Å². The van der Waals surface area contributed by atoms with E-state index in [9.17, 15) is 4.79 Å². The number of amides is 1. The largest absolute Gasteiger partial charge is 0.319 e. The molecule has 0 unspecified atom stereocenters. The van der Waals surface area contributed by atoms with E-state index in [4.69, 9.17) is 11.6 Å². The smallest absolute Gasteiger partial charge is 0.231 e. The first-order valence-electron chi connectivity index (χ1n) is 4.57. The predicted molar refractivity (Wildman–Crippen MR) is 59.0 cm³/mol. The van der Waals surface area contributed by atoms with Crippen molar-refractivity contribution >= 4 is 23.5 Å². The number of hydrogen-bond acceptors (Lipinski definition) is 4. The van der Waals surface area contributed by atoms with E-state index in [1.54, 1.807) is 20.0 Å². The van der Waals surface area contributed by atoms with Crippen molar-refractivity contribution in [3.8, 4) is 0 Å². The Morgan fingerprint density at radius 2 is 2.27 bits per heavy atom. The Labute approximate surface area is 93.3 Å². The summed E-state index contributed by atoms with van der Waals surface area (Å²) < 4.78 is 0. The summed E-state index contributed by atoms with van der Waals surface area (Å²) in [6.07, 6.45) is 0.380. The molecule has 5 nitrogen and oxygen atoms in total. The molecule has 0 fully saturated rings. The zero-order valence-electron chi connectivity index (χ0n) is 8.67. The van der Waals surface area contributed by atoms with Crippen LogP contribution < -0.4 is 10.6 Å². The number of aromatic nitrogens is 2. The molecule has 1 heterocycles. The molecule has 0 aliphatic carbocycles. The van der Waals surface area contributed by atoms with Gasteiger partial charge in [-0.1, -0.05) is 11.6 Å². The van der Waals surface area contributed by atoms with Gasteiger partial charge in [-0.2, -0.15) is 0 Å². The lowest BCUT2D eigenvalue weighted by Crippen LogP contribution is -2.20. The molecular weight excluding hydrogens is 216 g/mol. The maximum atomic E-state index is 11.3. The van der Waals surface area contributed by atoms with E-state index in [-0.39, 0.29) is 11.9 Å². The van der Waals surface area contributed by atoms with Crippen LogP contribution in [0.3, 0.4) is 0 Å². The highest BCUT2D eigenvalue weighted by Crippen LogP contribution is 2.09. The highest BCUT2D eigenvalue weighted by atomic mass is 35.5. The average molecular weight is 229 g/mol. The fourth-order valence-electron chi connectivity index (χ4n) is 1.01. The van der Waals surface area contributed by atoms with Gasteiger partial charge in [-0.25, -0.2) is 9.97 Å². The van der Waals surface area contributed by atoms with Crippen LogP contribution in [0.5, 0.6) is 0 Å². The average Bonchev–Trinajstić information content (AvgIpc) is 2.13. The molecular formula is C9H13ClN4O. The zero-order valence-corrected chi connectivity index (χ0v) is 9.43. The third-order valence-electron chi connectivity index (χ3n) is 1.68. The number of nitrogens with one attached hydrogen (secondary N) is 2. The Kier molecular flexibility index (Phi) is 4.45. The lowest BCUT2D eigenvalue weighted by Gasteiger charge is -2.04. The minimum absolute atomic E-state index is 0.133. The van der Waals surface area contributed by atoms with Crippen molar-refractivity contribution < 1.29 is 4.79 Å². The Morgan fingerprint density at radius 3 is 2.87 bits per heavy atom. The van der Waals surface area contributed by atoms with E-state index in [1.165, 1.54) is 0 Å². The molecule has 1 aromatic rings. The van der Waals surface area contributed by atoms with E-state index in [0.717, 1.165) is 5.69 Å². The number of nitrogens with zero attached hydrogens (tertiary/aromatic N) is 2. The monoisotopic (exact) mass is 228 g/mol. The standard InChI is InChI=1S/C9H13ClN4O/c1-6-5-7(10)13-9(12-6)14-8(15)3-4-11-2/h5,11H,3-4H2,1-2H3,(H,12,13,14,15). The van der Waals surface area contributed by atoms with Gasteiger partial charge in [0.05, 0.1) is 0 Å². The highest BCUT2D eigenvalue weighted by molar-refractivity contribution is 6.29. The molecule has 1 aromatic heterocycles. The van der Waals surface area contributed by atoms with Crippen LogP contribution in [0, 0.1) is 6.92 Å². The summed E-state index contributed by atoms with van der Waals surface area (Å²) in [5.41, 5.74) is 0.721. The molecule has 0 radical (unpaired) electrons. The second-order valence-corrected chi connectivity index (χ2v) is 3.44. The van der Waals surface area contributed by atoms with Gasteiger partial charge in [0, 0.05) is 18.7 Å². The molecule has 0 aliphatic heterocycles. The topological polar surface area (TPSA) is 66.9 Å². The van der Waals surface area contributed by atoms with Crippen molar-refractivity contribution in [1.82, 2.24) is 15.3 Å². The Morgan fingerprint density at radius 1 is 1.53 bits per heavy atom. The van der Waals surface area contributed by atoms with Crippen LogP contribution in [0.15, 0.2) is 6.07 Å². The zero-order chi connectivity index (χ0) is 11.3. The molecule has 0 saturated heterocycles. The fraction of sp³-hybridized carbons (Fsp3) is 0.444. The summed E-state index contributed by atoms with van der Waals surface area (Å²) in [4.78, 5) is 19.2. The van der Waals surface area contributed by atoms with Crippen LogP contribution in [0.2, 0.25) is 5.15 Å². The van der Waals surface area contributed by atoms with Crippen LogP contribution in [0.1, 0.15) is 12.1 Å². The second kappa shape index (κ2) is 5.63. The third kappa shape index (κ3) is 4.22. The summed E-state index contributed by atoms with van der Waals surface area (Å²) in [6.45, 7) is 2.40. The van der Waals surface area contributed by atoms with Crippen molar-refractivity contribution in [2.75, 3.05) is 18.9 Å². The molecule has 2 N–H and O–H groups in total. The lowest BCUT2D eigenvalue weighted by molar-refractivity contribution is -0.116. The molecule has 1 amide bonds. The van der Waals surface area contributed by atoms with Gasteiger partial charge >= 0.3 is 0 Å². The van der Waals surface area contributed by atoms with Gasteiger partial charge in [-0.15, -0.1) is 0 Å². The number of aryl methyl sites for hydroxylation is 1. The van der Waals surface area contributed by atoms with Crippen LogP contribution in [0.4, 0.5) is 5.95 Å². The van der Waals surface area contributed by atoms with Crippen LogP contribution in [-0.4, -0.2) is 29.5 Å². The number of carbonyl (C=O) groups excluding carboxylic acids is 1. The van der Waals surface area contributed by atoms with Gasteiger partial charge in [0.25, 0.3) is 0 Å². The van der Waals surface area contributed by atoms with Crippen molar-refractivity contribution in [3.63, 3.8) is 0 Å². The molecule has 6 heteroatoms. The molecule has 82 valence electrons. The first kappa shape index (κ1) is 11.9. The van der Waals surface area contributed by atoms with Crippen molar-refractivity contribution in [2.45, 2.75) is 13.3 Å². The van der Waals surface area contributed by atoms with Gasteiger partial charge in [0.15, 0.2) is 0 Å². The maximum Gasteiger partial charge on any atom is 0.231 e. The molecule has 15 heavy (non-hydrogen) atoms. The highest BCUT2D eigenvalue weighted by Gasteiger charge is 2.05. The molecule has 0 bridgehead atoms. The minimum atomic E-state index is -0.133. The molecule has 0 atom stereocenters. The SMILES string of the molecule is CNCCC(=O)Nc1nc(C)cc(Cl)n1. The molecule has 1 rings (SSSR count). The molecule has 0 saturated carbocycles. The number of carbonyl (C=O) groups is 1. The number of halogens is 1. The number of rotatable bonds is 4. The summed E-state index contributed by atoms with van der Waals surface area (Å²) in [6, 6.07) is 1.63. The van der Waals surface area contributed by atoms with Gasteiger partial charge in [-0.3, -0.25) is 10.1 Å². The van der Waals surface area contributed by atoms with E-state index >= 15 is 0 Å². The fourth-order valence-corrected chi connectivity index (χ4v) is 1.25. The quantitative estimate of drug-likeness (QED) is 0.755. The molecule has 0 spiro atoms. The Bertz CT molecular complexity index is 336. The van der Waals surface area contributed by atoms with Crippen molar-refractivity contribution in [1.29, 1.82) is 0 Å². The minimum Gasteiger partial charge on any atom is -0.319 e. The van der Waals surface area contributed by atoms with Crippen LogP contribution in [-0.2, 0) is 4.79 Å². The number of hydrogen-bond donors (Lipinski definition) is 2. The van der Waals surface area contributed by atoms with Gasteiger partial charge in [0.1, 0.15) is 5.15 Å². The number of anilines is 1. The van der Waals surface area contributed by atoms with Gasteiger partial charge in [0.2, 0.25) is 11.9 Å². The van der Waals surface area contributed by atoms with E-state index < -0.39 is 0 Å². The summed E-state index contributed by atoms with van der Waals surface area (Å²) in [5.74, 6) is 0.118. The van der Waals surface area contributed by atoms with Gasteiger partial charge in [-0.05, 0) is 20.0 Å². The maximum absolute atomic E-state index is 11.3. The summed E-state index contributed by atoms with van der Waals surface area (Å²) in [5, 5.41) is 5.78. The third-order valence-corrected chi connectivity index (χ3v) is 1.87. The Hall–Kier alpha value is -1.20. The van der Waals surface area contributed by atoms with Crippen molar-refractivity contribution in [3.05, 3.63) is 16.9 Å². The summed E-state index contributed by atoms with van der Waals surface area (Å²) >= 11 is 5.72. The van der Waals surface area contributed by atoms with Crippen LogP contribution in [0.25, 0.3) is 0 Å².